The molecule has 0 spiro atoms. The van der Waals surface area contributed by atoms with E-state index >= 15 is 0 Å². The maximum Gasteiger partial charge on any atom is 0.248 e. The van der Waals surface area contributed by atoms with Gasteiger partial charge in [0.15, 0.2) is 5.96 Å². The van der Waals surface area contributed by atoms with E-state index in [0.29, 0.717) is 23.3 Å². The second kappa shape index (κ2) is 12.3. The number of rotatable bonds is 11. The molecule has 1 aromatic carbocycles. The second-order valence-corrected chi connectivity index (χ2v) is 6.73. The third-order valence-corrected chi connectivity index (χ3v) is 4.18. The first-order valence-electron chi connectivity index (χ1n) is 9.40. The van der Waals surface area contributed by atoms with Crippen LogP contribution in [0.3, 0.4) is 0 Å². The molecule has 154 valence electrons. The number of benzene rings is 1. The Bertz CT molecular complexity index is 737. The van der Waals surface area contributed by atoms with E-state index in [-0.39, 0.29) is 0 Å². The third kappa shape index (κ3) is 7.84. The van der Waals surface area contributed by atoms with Gasteiger partial charge < -0.3 is 24.8 Å². The van der Waals surface area contributed by atoms with E-state index < -0.39 is 0 Å². The van der Waals surface area contributed by atoms with Crippen LogP contribution in [0.25, 0.3) is 11.4 Å². The highest BCUT2D eigenvalue weighted by atomic mass is 35.5. The molecule has 0 aliphatic carbocycles. The SMILES string of the molecule is CCNC(=NCc1nc(-c2cccc(Cl)c2)no1)NCCN(C)CCCOC. The van der Waals surface area contributed by atoms with Crippen LogP contribution in [0.2, 0.25) is 5.02 Å². The van der Waals surface area contributed by atoms with Gasteiger partial charge in [-0.25, -0.2) is 4.99 Å². The average Bonchev–Trinajstić information content (AvgIpc) is 3.15. The number of halogens is 1. The zero-order chi connectivity index (χ0) is 20.2. The van der Waals surface area contributed by atoms with Crippen molar-refractivity contribution in [3.8, 4) is 11.4 Å². The highest BCUT2D eigenvalue weighted by molar-refractivity contribution is 6.30. The molecule has 28 heavy (non-hydrogen) atoms. The molecule has 0 amide bonds. The molecule has 9 heteroatoms. The van der Waals surface area contributed by atoms with Crippen LogP contribution in [0.5, 0.6) is 0 Å². The molecule has 0 fully saturated rings. The molecule has 2 N–H and O–H groups in total. The summed E-state index contributed by atoms with van der Waals surface area (Å²) in [6, 6.07) is 7.35. The van der Waals surface area contributed by atoms with Crippen LogP contribution in [-0.4, -0.2) is 67.9 Å². The number of hydrogen-bond acceptors (Lipinski definition) is 6. The van der Waals surface area contributed by atoms with Gasteiger partial charge in [0.05, 0.1) is 0 Å². The van der Waals surface area contributed by atoms with E-state index in [1.165, 1.54) is 0 Å². The molecule has 2 rings (SSSR count). The van der Waals surface area contributed by atoms with Crippen molar-refractivity contribution >= 4 is 17.6 Å². The van der Waals surface area contributed by atoms with Crippen molar-refractivity contribution in [2.45, 2.75) is 19.9 Å². The summed E-state index contributed by atoms with van der Waals surface area (Å²) in [7, 11) is 3.82. The number of aliphatic imine (C=N–C) groups is 1. The Hall–Kier alpha value is -2.16. The molecule has 0 aliphatic heterocycles. The van der Waals surface area contributed by atoms with Crippen LogP contribution < -0.4 is 10.6 Å². The number of aromatic nitrogens is 2. The highest BCUT2D eigenvalue weighted by Crippen LogP contribution is 2.19. The minimum absolute atomic E-state index is 0.298. The van der Waals surface area contributed by atoms with Crippen LogP contribution in [0, 0.1) is 0 Å². The number of methoxy groups -OCH3 is 1. The standard InChI is InChI=1S/C19H29ClN6O2/c1-4-21-19(22-9-11-26(2)10-6-12-27-3)23-14-17-24-18(25-28-17)15-7-5-8-16(20)13-15/h5,7-8,13H,4,6,9-12,14H2,1-3H3,(H2,21,22,23). The Morgan fingerprint density at radius 2 is 2.18 bits per heavy atom. The van der Waals surface area contributed by atoms with E-state index in [1.54, 1.807) is 19.2 Å². The quantitative estimate of drug-likeness (QED) is 0.335. The zero-order valence-electron chi connectivity index (χ0n) is 16.7. The van der Waals surface area contributed by atoms with Crippen molar-refractivity contribution in [3.63, 3.8) is 0 Å². The Morgan fingerprint density at radius 3 is 2.93 bits per heavy atom. The van der Waals surface area contributed by atoms with Gasteiger partial charge in [0.25, 0.3) is 0 Å². The van der Waals surface area contributed by atoms with Gasteiger partial charge in [-0.15, -0.1) is 0 Å². The fraction of sp³-hybridized carbons (Fsp3) is 0.526. The van der Waals surface area contributed by atoms with Gasteiger partial charge in [0.2, 0.25) is 11.7 Å². The summed E-state index contributed by atoms with van der Waals surface area (Å²) < 4.78 is 10.4. The summed E-state index contributed by atoms with van der Waals surface area (Å²) in [5.41, 5.74) is 0.813. The minimum atomic E-state index is 0.298. The molecule has 0 saturated heterocycles. The largest absolute Gasteiger partial charge is 0.385 e. The van der Waals surface area contributed by atoms with Crippen LogP contribution in [0.4, 0.5) is 0 Å². The van der Waals surface area contributed by atoms with Gasteiger partial charge in [-0.1, -0.05) is 28.9 Å². The topological polar surface area (TPSA) is 87.8 Å². The molecule has 0 aliphatic rings. The van der Waals surface area contributed by atoms with Gasteiger partial charge in [-0.05, 0) is 32.5 Å². The van der Waals surface area contributed by atoms with E-state index in [4.69, 9.17) is 20.9 Å². The molecular formula is C19H29ClN6O2. The monoisotopic (exact) mass is 408 g/mol. The summed E-state index contributed by atoms with van der Waals surface area (Å²) in [4.78, 5) is 11.2. The van der Waals surface area contributed by atoms with E-state index in [0.717, 1.165) is 50.7 Å². The second-order valence-electron chi connectivity index (χ2n) is 6.29. The van der Waals surface area contributed by atoms with Crippen LogP contribution >= 0.6 is 11.6 Å². The third-order valence-electron chi connectivity index (χ3n) is 3.94. The fourth-order valence-corrected chi connectivity index (χ4v) is 2.70. The summed E-state index contributed by atoms with van der Waals surface area (Å²) >= 11 is 6.01. The summed E-state index contributed by atoms with van der Waals surface area (Å²) in [5.74, 6) is 1.67. The Kier molecular flexibility index (Phi) is 9.74. The summed E-state index contributed by atoms with van der Waals surface area (Å²) in [6.45, 7) is 6.57. The van der Waals surface area contributed by atoms with Crippen LogP contribution in [-0.2, 0) is 11.3 Å². The molecule has 0 radical (unpaired) electrons. The van der Waals surface area contributed by atoms with Crippen LogP contribution in [0.1, 0.15) is 19.2 Å². The predicted molar refractivity (Wildman–Crippen MR) is 112 cm³/mol. The van der Waals surface area contributed by atoms with Gasteiger partial charge in [-0.2, -0.15) is 4.98 Å². The molecule has 0 bridgehead atoms. The normalized spacial score (nSPS) is 11.8. The van der Waals surface area contributed by atoms with Gasteiger partial charge in [0, 0.05) is 50.5 Å². The molecule has 0 atom stereocenters. The van der Waals surface area contributed by atoms with Crippen molar-refractivity contribution in [1.82, 2.24) is 25.7 Å². The van der Waals surface area contributed by atoms with Crippen molar-refractivity contribution in [1.29, 1.82) is 0 Å². The van der Waals surface area contributed by atoms with Gasteiger partial charge in [-0.3, -0.25) is 0 Å². The lowest BCUT2D eigenvalue weighted by Crippen LogP contribution is -2.41. The lowest BCUT2D eigenvalue weighted by Gasteiger charge is -2.17. The summed E-state index contributed by atoms with van der Waals surface area (Å²) in [5, 5.41) is 11.2. The van der Waals surface area contributed by atoms with Crippen molar-refractivity contribution in [2.24, 2.45) is 4.99 Å². The molecule has 1 heterocycles. The summed E-state index contributed by atoms with van der Waals surface area (Å²) in [6.07, 6.45) is 1.02. The zero-order valence-corrected chi connectivity index (χ0v) is 17.5. The maximum absolute atomic E-state index is 6.01. The van der Waals surface area contributed by atoms with Gasteiger partial charge in [0.1, 0.15) is 6.54 Å². The molecule has 0 unspecified atom stereocenters. The first-order chi connectivity index (χ1) is 13.6. The minimum Gasteiger partial charge on any atom is -0.385 e. The average molecular weight is 409 g/mol. The molecule has 2 aromatic rings. The number of likely N-dealkylation sites (N-methyl/N-ethyl adjacent to an activating group) is 1. The first kappa shape index (κ1) is 22.1. The lowest BCUT2D eigenvalue weighted by molar-refractivity contribution is 0.180. The Balaban J connectivity index is 1.85. The molecular weight excluding hydrogens is 380 g/mol. The molecule has 1 aromatic heterocycles. The van der Waals surface area contributed by atoms with Crippen molar-refractivity contribution in [3.05, 3.63) is 35.2 Å². The lowest BCUT2D eigenvalue weighted by atomic mass is 10.2. The highest BCUT2D eigenvalue weighted by Gasteiger charge is 2.09. The fourth-order valence-electron chi connectivity index (χ4n) is 2.51. The molecule has 0 saturated carbocycles. The predicted octanol–water partition coefficient (Wildman–Crippen LogP) is 2.41. The number of nitrogens with one attached hydrogen (secondary N) is 2. The smallest absolute Gasteiger partial charge is 0.248 e. The van der Waals surface area contributed by atoms with Crippen molar-refractivity contribution in [2.75, 3.05) is 46.9 Å². The van der Waals surface area contributed by atoms with Crippen LogP contribution in [0.15, 0.2) is 33.8 Å². The molecule has 8 nitrogen and oxygen atoms in total. The Morgan fingerprint density at radius 1 is 1.32 bits per heavy atom. The maximum atomic E-state index is 6.01. The Labute approximate surface area is 171 Å². The van der Waals surface area contributed by atoms with Gasteiger partial charge >= 0.3 is 0 Å². The number of hydrogen-bond donors (Lipinski definition) is 2. The number of guanidine groups is 1. The van der Waals surface area contributed by atoms with E-state index in [2.05, 4.69) is 37.7 Å². The van der Waals surface area contributed by atoms with Crippen molar-refractivity contribution < 1.29 is 9.26 Å². The number of ether oxygens (including phenoxy) is 1. The first-order valence-corrected chi connectivity index (χ1v) is 9.78. The van der Waals surface area contributed by atoms with E-state index in [1.807, 2.05) is 19.1 Å². The number of nitrogens with zero attached hydrogens (tertiary/aromatic N) is 4. The van der Waals surface area contributed by atoms with E-state index in [9.17, 15) is 0 Å².